The molecule has 0 aliphatic heterocycles. The lowest BCUT2D eigenvalue weighted by atomic mass is 9.98. The SMILES string of the molecule is NNC(c1ccsc1)c1ccc2c(c1)CCC2. The minimum absolute atomic E-state index is 0.118. The Bertz CT molecular complexity index is 505. The maximum absolute atomic E-state index is 5.70. The number of hydrogen-bond acceptors (Lipinski definition) is 3. The van der Waals surface area contributed by atoms with Crippen molar-refractivity contribution < 1.29 is 0 Å². The zero-order chi connectivity index (χ0) is 11.7. The van der Waals surface area contributed by atoms with Gasteiger partial charge < -0.3 is 0 Å². The quantitative estimate of drug-likeness (QED) is 0.643. The second-order valence-electron chi connectivity index (χ2n) is 4.54. The van der Waals surface area contributed by atoms with Gasteiger partial charge in [0.25, 0.3) is 0 Å². The predicted octanol–water partition coefficient (Wildman–Crippen LogP) is 2.79. The fourth-order valence-electron chi connectivity index (χ4n) is 2.60. The normalized spacial score (nSPS) is 15.8. The molecule has 2 aromatic rings. The molecule has 1 aliphatic carbocycles. The zero-order valence-corrected chi connectivity index (χ0v) is 10.5. The molecule has 17 heavy (non-hydrogen) atoms. The van der Waals surface area contributed by atoms with E-state index < -0.39 is 0 Å². The molecule has 1 heterocycles. The number of nitrogens with one attached hydrogen (secondary N) is 1. The molecule has 3 N–H and O–H groups in total. The van der Waals surface area contributed by atoms with E-state index in [0.717, 1.165) is 0 Å². The molecule has 0 spiro atoms. The molecule has 0 saturated heterocycles. The topological polar surface area (TPSA) is 38.0 Å². The van der Waals surface area contributed by atoms with Gasteiger partial charge in [-0.3, -0.25) is 5.84 Å². The number of hydrogen-bond donors (Lipinski definition) is 2. The average molecular weight is 244 g/mol. The van der Waals surface area contributed by atoms with Crippen LogP contribution in [0.15, 0.2) is 35.0 Å². The number of hydrazine groups is 1. The third kappa shape index (κ3) is 2.02. The van der Waals surface area contributed by atoms with Crippen LogP contribution in [0, 0.1) is 0 Å². The van der Waals surface area contributed by atoms with Gasteiger partial charge >= 0.3 is 0 Å². The van der Waals surface area contributed by atoms with Crippen molar-refractivity contribution in [2.75, 3.05) is 0 Å². The standard InChI is InChI=1S/C14H16N2S/c15-16-14(13-6-7-17-9-13)12-5-4-10-2-1-3-11(10)8-12/h4-9,14,16H,1-3,15H2. The van der Waals surface area contributed by atoms with E-state index in [1.807, 2.05) is 0 Å². The van der Waals surface area contributed by atoms with E-state index in [9.17, 15) is 0 Å². The van der Waals surface area contributed by atoms with Crippen molar-refractivity contribution in [2.24, 2.45) is 5.84 Å². The maximum Gasteiger partial charge on any atom is 0.0718 e. The number of fused-ring (bicyclic) bond motifs is 1. The Hall–Kier alpha value is -1.16. The van der Waals surface area contributed by atoms with Crippen molar-refractivity contribution in [2.45, 2.75) is 25.3 Å². The third-order valence-corrected chi connectivity index (χ3v) is 4.20. The van der Waals surface area contributed by atoms with Crippen LogP contribution >= 0.6 is 11.3 Å². The predicted molar refractivity (Wildman–Crippen MR) is 72.0 cm³/mol. The molecule has 88 valence electrons. The van der Waals surface area contributed by atoms with Gasteiger partial charge in [-0.05, 0) is 58.3 Å². The summed E-state index contributed by atoms with van der Waals surface area (Å²) in [4.78, 5) is 0. The summed E-state index contributed by atoms with van der Waals surface area (Å²) in [6.07, 6.45) is 3.73. The summed E-state index contributed by atoms with van der Waals surface area (Å²) in [6, 6.07) is 9.01. The van der Waals surface area contributed by atoms with E-state index >= 15 is 0 Å². The van der Waals surface area contributed by atoms with Crippen LogP contribution in [0.1, 0.15) is 34.7 Å². The fourth-order valence-corrected chi connectivity index (χ4v) is 3.28. The van der Waals surface area contributed by atoms with Crippen molar-refractivity contribution in [1.82, 2.24) is 5.43 Å². The lowest BCUT2D eigenvalue weighted by Crippen LogP contribution is -2.28. The maximum atomic E-state index is 5.70. The van der Waals surface area contributed by atoms with Gasteiger partial charge in [0.05, 0.1) is 6.04 Å². The van der Waals surface area contributed by atoms with E-state index in [1.54, 1.807) is 11.3 Å². The summed E-state index contributed by atoms with van der Waals surface area (Å²) in [6.45, 7) is 0. The van der Waals surface area contributed by atoms with Crippen molar-refractivity contribution in [3.63, 3.8) is 0 Å². The highest BCUT2D eigenvalue weighted by atomic mass is 32.1. The molecule has 1 unspecified atom stereocenters. The Morgan fingerprint density at radius 3 is 2.76 bits per heavy atom. The largest absolute Gasteiger partial charge is 0.271 e. The highest BCUT2D eigenvalue weighted by Crippen LogP contribution is 2.28. The Labute approximate surface area is 105 Å². The number of aryl methyl sites for hydroxylation is 2. The molecule has 0 amide bonds. The van der Waals surface area contributed by atoms with E-state index in [2.05, 4.69) is 40.5 Å². The number of thiophene rings is 1. The van der Waals surface area contributed by atoms with Gasteiger partial charge in [-0.2, -0.15) is 11.3 Å². The van der Waals surface area contributed by atoms with Crippen LogP contribution in [0.25, 0.3) is 0 Å². The van der Waals surface area contributed by atoms with E-state index in [-0.39, 0.29) is 6.04 Å². The van der Waals surface area contributed by atoms with Crippen LogP contribution in [-0.2, 0) is 12.8 Å². The highest BCUT2D eigenvalue weighted by molar-refractivity contribution is 7.08. The fraction of sp³-hybridized carbons (Fsp3) is 0.286. The molecule has 2 nitrogen and oxygen atoms in total. The summed E-state index contributed by atoms with van der Waals surface area (Å²) in [5.41, 5.74) is 8.44. The number of rotatable bonds is 3. The Kier molecular flexibility index (Phi) is 2.97. The summed E-state index contributed by atoms with van der Waals surface area (Å²) < 4.78 is 0. The van der Waals surface area contributed by atoms with E-state index in [0.29, 0.717) is 0 Å². The van der Waals surface area contributed by atoms with E-state index in [4.69, 9.17) is 5.84 Å². The molecule has 3 heteroatoms. The van der Waals surface area contributed by atoms with Crippen molar-refractivity contribution in [3.8, 4) is 0 Å². The van der Waals surface area contributed by atoms with Gasteiger partial charge in [-0.1, -0.05) is 18.2 Å². The van der Waals surface area contributed by atoms with Crippen LogP contribution in [0.4, 0.5) is 0 Å². The molecule has 0 bridgehead atoms. The second-order valence-corrected chi connectivity index (χ2v) is 5.32. The van der Waals surface area contributed by atoms with Crippen LogP contribution in [-0.4, -0.2) is 0 Å². The smallest absolute Gasteiger partial charge is 0.0718 e. The summed E-state index contributed by atoms with van der Waals surface area (Å²) >= 11 is 1.71. The summed E-state index contributed by atoms with van der Waals surface area (Å²) in [7, 11) is 0. The molecule has 1 atom stereocenters. The molecule has 0 saturated carbocycles. The van der Waals surface area contributed by atoms with Crippen LogP contribution in [0.2, 0.25) is 0 Å². The van der Waals surface area contributed by atoms with Crippen LogP contribution in [0.3, 0.4) is 0 Å². The first kappa shape index (κ1) is 11.0. The third-order valence-electron chi connectivity index (χ3n) is 3.50. The number of benzene rings is 1. The van der Waals surface area contributed by atoms with Gasteiger partial charge in [0.15, 0.2) is 0 Å². The molecular weight excluding hydrogens is 228 g/mol. The molecule has 3 rings (SSSR count). The Balaban J connectivity index is 1.97. The summed E-state index contributed by atoms with van der Waals surface area (Å²) in [5.74, 6) is 5.70. The summed E-state index contributed by atoms with van der Waals surface area (Å²) in [5, 5.41) is 4.24. The van der Waals surface area contributed by atoms with E-state index in [1.165, 1.54) is 41.5 Å². The average Bonchev–Trinajstić information content (AvgIpc) is 2.99. The lowest BCUT2D eigenvalue weighted by molar-refractivity contribution is 0.638. The lowest BCUT2D eigenvalue weighted by Gasteiger charge is -2.16. The van der Waals surface area contributed by atoms with Crippen molar-refractivity contribution >= 4 is 11.3 Å². The van der Waals surface area contributed by atoms with Crippen LogP contribution < -0.4 is 11.3 Å². The molecule has 0 radical (unpaired) electrons. The molecule has 1 aliphatic rings. The van der Waals surface area contributed by atoms with Gasteiger partial charge in [-0.15, -0.1) is 0 Å². The number of nitrogens with two attached hydrogens (primary N) is 1. The molecule has 1 aromatic carbocycles. The Morgan fingerprint density at radius 2 is 2.00 bits per heavy atom. The molecule has 0 fully saturated rings. The van der Waals surface area contributed by atoms with Crippen molar-refractivity contribution in [3.05, 3.63) is 57.3 Å². The zero-order valence-electron chi connectivity index (χ0n) is 9.65. The van der Waals surface area contributed by atoms with Gasteiger partial charge in [0.1, 0.15) is 0 Å². The van der Waals surface area contributed by atoms with Gasteiger partial charge in [0, 0.05) is 0 Å². The minimum atomic E-state index is 0.118. The van der Waals surface area contributed by atoms with Gasteiger partial charge in [-0.25, -0.2) is 5.43 Å². The first-order chi connectivity index (χ1) is 8.38. The first-order valence-corrected chi connectivity index (χ1v) is 6.92. The van der Waals surface area contributed by atoms with Gasteiger partial charge in [0.2, 0.25) is 0 Å². The second kappa shape index (κ2) is 4.61. The molecular formula is C14H16N2S. The first-order valence-electron chi connectivity index (χ1n) is 5.98. The Morgan fingerprint density at radius 1 is 1.12 bits per heavy atom. The minimum Gasteiger partial charge on any atom is -0.271 e. The van der Waals surface area contributed by atoms with Crippen molar-refractivity contribution in [1.29, 1.82) is 0 Å². The monoisotopic (exact) mass is 244 g/mol. The van der Waals surface area contributed by atoms with Crippen LogP contribution in [0.5, 0.6) is 0 Å². The molecule has 1 aromatic heterocycles. The highest BCUT2D eigenvalue weighted by Gasteiger charge is 2.16.